The Labute approximate surface area is 109 Å². The molecular formula is C14H22N2O2. The van der Waals surface area contributed by atoms with E-state index in [1.54, 1.807) is 14.2 Å². The zero-order valence-corrected chi connectivity index (χ0v) is 11.5. The van der Waals surface area contributed by atoms with Gasteiger partial charge in [-0.1, -0.05) is 6.07 Å². The van der Waals surface area contributed by atoms with Crippen molar-refractivity contribution in [3.8, 4) is 11.5 Å². The van der Waals surface area contributed by atoms with E-state index in [-0.39, 0.29) is 0 Å². The van der Waals surface area contributed by atoms with Gasteiger partial charge in [0.05, 0.1) is 14.2 Å². The number of nitrogens with one attached hydrogen (secondary N) is 1. The zero-order valence-electron chi connectivity index (χ0n) is 11.5. The minimum absolute atomic E-state index is 0.822. The first-order valence-electron chi connectivity index (χ1n) is 6.39. The Morgan fingerprint density at radius 1 is 1.17 bits per heavy atom. The van der Waals surface area contributed by atoms with E-state index in [0.29, 0.717) is 0 Å². The van der Waals surface area contributed by atoms with Crippen LogP contribution in [0.1, 0.15) is 11.1 Å². The maximum Gasteiger partial charge on any atom is 0.165 e. The van der Waals surface area contributed by atoms with Gasteiger partial charge in [0.2, 0.25) is 0 Å². The van der Waals surface area contributed by atoms with Crippen LogP contribution in [0.2, 0.25) is 0 Å². The van der Waals surface area contributed by atoms with Crippen LogP contribution in [0.15, 0.2) is 12.1 Å². The lowest BCUT2D eigenvalue weighted by Gasteiger charge is -2.28. The molecule has 0 radical (unpaired) electrons. The van der Waals surface area contributed by atoms with E-state index in [2.05, 4.69) is 23.2 Å². The molecule has 0 aromatic heterocycles. The largest absolute Gasteiger partial charge is 0.493 e. The smallest absolute Gasteiger partial charge is 0.165 e. The van der Waals surface area contributed by atoms with Gasteiger partial charge in [-0.3, -0.25) is 4.90 Å². The highest BCUT2D eigenvalue weighted by Gasteiger charge is 2.16. The Bertz CT molecular complexity index is 401. The summed E-state index contributed by atoms with van der Waals surface area (Å²) in [6, 6.07) is 4.20. The zero-order chi connectivity index (χ0) is 13.0. The quantitative estimate of drug-likeness (QED) is 0.876. The fraction of sp³-hybridized carbons (Fsp3) is 0.571. The Kier molecular flexibility index (Phi) is 4.44. The molecule has 18 heavy (non-hydrogen) atoms. The predicted molar refractivity (Wildman–Crippen MR) is 72.4 cm³/mol. The first-order chi connectivity index (χ1) is 8.74. The van der Waals surface area contributed by atoms with E-state index in [1.807, 2.05) is 6.07 Å². The van der Waals surface area contributed by atoms with Crippen LogP contribution in [-0.2, 0) is 6.54 Å². The number of methoxy groups -OCH3 is 2. The van der Waals surface area contributed by atoms with Crippen molar-refractivity contribution in [2.24, 2.45) is 0 Å². The molecule has 4 heteroatoms. The molecule has 2 rings (SSSR count). The maximum atomic E-state index is 5.50. The number of piperazine rings is 1. The number of ether oxygens (including phenoxy) is 2. The molecule has 1 N–H and O–H groups in total. The number of hydrogen-bond acceptors (Lipinski definition) is 4. The summed E-state index contributed by atoms with van der Waals surface area (Å²) in [7, 11) is 3.39. The Hall–Kier alpha value is -1.26. The number of rotatable bonds is 4. The van der Waals surface area contributed by atoms with Gasteiger partial charge in [-0.15, -0.1) is 0 Å². The van der Waals surface area contributed by atoms with Crippen LogP contribution in [0.4, 0.5) is 0 Å². The van der Waals surface area contributed by atoms with Gasteiger partial charge in [-0.25, -0.2) is 0 Å². The third-order valence-electron chi connectivity index (χ3n) is 3.30. The number of hydrogen-bond donors (Lipinski definition) is 1. The molecule has 0 saturated carbocycles. The first-order valence-corrected chi connectivity index (χ1v) is 6.39. The van der Waals surface area contributed by atoms with Crippen molar-refractivity contribution in [3.63, 3.8) is 0 Å². The molecule has 1 aromatic carbocycles. The van der Waals surface area contributed by atoms with E-state index >= 15 is 0 Å². The van der Waals surface area contributed by atoms with Gasteiger partial charge in [0.15, 0.2) is 11.5 Å². The molecule has 1 saturated heterocycles. The third-order valence-corrected chi connectivity index (χ3v) is 3.30. The summed E-state index contributed by atoms with van der Waals surface area (Å²) in [6.45, 7) is 7.29. The molecule has 100 valence electrons. The summed E-state index contributed by atoms with van der Waals surface area (Å²) in [5, 5.41) is 3.37. The average molecular weight is 250 g/mol. The molecule has 0 atom stereocenters. The summed E-state index contributed by atoms with van der Waals surface area (Å²) in [5.74, 6) is 1.68. The molecule has 0 bridgehead atoms. The SMILES string of the molecule is COc1cc(C)cc(CN2CCNCC2)c1OC. The molecule has 0 unspecified atom stereocenters. The maximum absolute atomic E-state index is 5.50. The predicted octanol–water partition coefficient (Wildman–Crippen LogP) is 1.42. The van der Waals surface area contributed by atoms with Gasteiger partial charge in [-0.2, -0.15) is 0 Å². The van der Waals surface area contributed by atoms with Crippen LogP contribution in [-0.4, -0.2) is 45.3 Å². The van der Waals surface area contributed by atoms with Crippen molar-refractivity contribution in [2.45, 2.75) is 13.5 Å². The second-order valence-corrected chi connectivity index (χ2v) is 4.69. The van der Waals surface area contributed by atoms with Crippen LogP contribution in [0.5, 0.6) is 11.5 Å². The second kappa shape index (κ2) is 6.07. The normalized spacial score (nSPS) is 16.6. The first kappa shape index (κ1) is 13.2. The lowest BCUT2D eigenvalue weighted by Crippen LogP contribution is -2.42. The summed E-state index contributed by atoms with van der Waals surface area (Å²) < 4.78 is 10.9. The second-order valence-electron chi connectivity index (χ2n) is 4.69. The molecule has 0 amide bonds. The Balaban J connectivity index is 2.21. The van der Waals surface area contributed by atoms with Crippen molar-refractivity contribution in [1.82, 2.24) is 10.2 Å². The molecule has 0 aliphatic carbocycles. The highest BCUT2D eigenvalue weighted by atomic mass is 16.5. The summed E-state index contributed by atoms with van der Waals surface area (Å²) in [6.07, 6.45) is 0. The molecule has 1 heterocycles. The van der Waals surface area contributed by atoms with E-state index in [0.717, 1.165) is 44.2 Å². The van der Waals surface area contributed by atoms with Crippen molar-refractivity contribution >= 4 is 0 Å². The molecule has 0 spiro atoms. The summed E-state index contributed by atoms with van der Waals surface area (Å²) in [4.78, 5) is 2.44. The van der Waals surface area contributed by atoms with E-state index in [1.165, 1.54) is 11.1 Å². The molecule has 1 aromatic rings. The van der Waals surface area contributed by atoms with Crippen LogP contribution >= 0.6 is 0 Å². The van der Waals surface area contributed by atoms with Gasteiger partial charge >= 0.3 is 0 Å². The number of aryl methyl sites for hydroxylation is 1. The van der Waals surface area contributed by atoms with Crippen molar-refractivity contribution < 1.29 is 9.47 Å². The van der Waals surface area contributed by atoms with E-state index < -0.39 is 0 Å². The number of benzene rings is 1. The van der Waals surface area contributed by atoms with Crippen LogP contribution < -0.4 is 14.8 Å². The molecule has 1 aliphatic heterocycles. The average Bonchev–Trinajstić information content (AvgIpc) is 2.39. The lowest BCUT2D eigenvalue weighted by molar-refractivity contribution is 0.229. The van der Waals surface area contributed by atoms with Crippen molar-refractivity contribution in [2.75, 3.05) is 40.4 Å². The fourth-order valence-corrected chi connectivity index (χ4v) is 2.42. The van der Waals surface area contributed by atoms with Gasteiger partial charge in [0.1, 0.15) is 0 Å². The van der Waals surface area contributed by atoms with Crippen molar-refractivity contribution in [3.05, 3.63) is 23.3 Å². The van der Waals surface area contributed by atoms with E-state index in [9.17, 15) is 0 Å². The van der Waals surface area contributed by atoms with Gasteiger partial charge < -0.3 is 14.8 Å². The molecular weight excluding hydrogens is 228 g/mol. The van der Waals surface area contributed by atoms with Crippen molar-refractivity contribution in [1.29, 1.82) is 0 Å². The molecule has 4 nitrogen and oxygen atoms in total. The Morgan fingerprint density at radius 2 is 1.89 bits per heavy atom. The topological polar surface area (TPSA) is 33.7 Å². The third kappa shape index (κ3) is 2.94. The molecule has 1 fully saturated rings. The lowest BCUT2D eigenvalue weighted by atomic mass is 10.1. The van der Waals surface area contributed by atoms with Crippen LogP contribution in [0.3, 0.4) is 0 Å². The minimum atomic E-state index is 0.822. The summed E-state index contributed by atoms with van der Waals surface area (Å²) >= 11 is 0. The standard InChI is InChI=1S/C14H22N2O2/c1-11-8-12(10-16-6-4-15-5-7-16)14(18-3)13(9-11)17-2/h8-9,15H,4-7,10H2,1-3H3. The van der Waals surface area contributed by atoms with Gasteiger partial charge in [-0.05, 0) is 18.6 Å². The van der Waals surface area contributed by atoms with E-state index in [4.69, 9.17) is 9.47 Å². The highest BCUT2D eigenvalue weighted by Crippen LogP contribution is 2.33. The monoisotopic (exact) mass is 250 g/mol. The van der Waals surface area contributed by atoms with Crippen LogP contribution in [0.25, 0.3) is 0 Å². The number of nitrogens with zero attached hydrogens (tertiary/aromatic N) is 1. The highest BCUT2D eigenvalue weighted by molar-refractivity contribution is 5.49. The Morgan fingerprint density at radius 3 is 2.50 bits per heavy atom. The minimum Gasteiger partial charge on any atom is -0.493 e. The van der Waals surface area contributed by atoms with Crippen LogP contribution in [0, 0.1) is 6.92 Å². The molecule has 1 aliphatic rings. The van der Waals surface area contributed by atoms with Gasteiger partial charge in [0.25, 0.3) is 0 Å². The van der Waals surface area contributed by atoms with Gasteiger partial charge in [0, 0.05) is 38.3 Å². The summed E-state index contributed by atoms with van der Waals surface area (Å²) in [5.41, 5.74) is 2.41. The fourth-order valence-electron chi connectivity index (χ4n) is 2.42.